The molecule has 2 amide bonds. The van der Waals surface area contributed by atoms with Gasteiger partial charge in [0.1, 0.15) is 0 Å². The number of rotatable bonds is 6. The average molecular weight is 227 g/mol. The van der Waals surface area contributed by atoms with Gasteiger partial charge >= 0.3 is 11.8 Å². The molecule has 0 atom stereocenters. The lowest BCUT2D eigenvalue weighted by atomic mass is 10.4. The highest BCUT2D eigenvalue weighted by molar-refractivity contribution is 7.99. The minimum atomic E-state index is -3.52. The molecule has 0 aliphatic heterocycles. The van der Waals surface area contributed by atoms with E-state index in [2.05, 4.69) is 5.84 Å². The number of carbonyl (C=O) groups excluding carboxylic acids is 2. The van der Waals surface area contributed by atoms with E-state index in [0.717, 1.165) is 11.8 Å². The quantitative estimate of drug-likeness (QED) is 0.240. The fourth-order valence-corrected chi connectivity index (χ4v) is 1.42. The molecule has 0 aromatic rings. The lowest BCUT2D eigenvalue weighted by molar-refractivity contribution is -0.142. The number of nitrogens with one attached hydrogen (secondary N) is 1. The van der Waals surface area contributed by atoms with Crippen molar-refractivity contribution in [3.63, 3.8) is 0 Å². The fourth-order valence-electron chi connectivity index (χ4n) is 0.544. The fraction of sp³-hybridized carbons (Fsp3) is 0.667. The number of primary amides is 1. The largest absolute Gasteiger partial charge is 0.370 e. The Hall–Kier alpha value is -0.890. The van der Waals surface area contributed by atoms with Crippen molar-refractivity contribution in [2.24, 2.45) is 11.6 Å². The van der Waals surface area contributed by atoms with Gasteiger partial charge in [0, 0.05) is 12.2 Å². The monoisotopic (exact) mass is 227 g/mol. The van der Waals surface area contributed by atoms with Gasteiger partial charge in [-0.2, -0.15) is 20.5 Å². The molecule has 0 fully saturated rings. The molecule has 0 aliphatic carbocycles. The molecule has 0 unspecified atom stereocenters. The van der Waals surface area contributed by atoms with Gasteiger partial charge in [0.05, 0.1) is 5.75 Å². The van der Waals surface area contributed by atoms with E-state index >= 15 is 0 Å². The number of alkyl halides is 2. The van der Waals surface area contributed by atoms with Crippen molar-refractivity contribution in [2.45, 2.75) is 12.3 Å². The van der Waals surface area contributed by atoms with Crippen LogP contribution in [0.25, 0.3) is 0 Å². The van der Waals surface area contributed by atoms with Gasteiger partial charge in [0.2, 0.25) is 5.91 Å². The second kappa shape index (κ2) is 5.76. The Morgan fingerprint density at radius 2 is 2.00 bits per heavy atom. The van der Waals surface area contributed by atoms with Crippen molar-refractivity contribution in [3.8, 4) is 0 Å². The van der Waals surface area contributed by atoms with Crippen LogP contribution in [0.5, 0.6) is 0 Å². The summed E-state index contributed by atoms with van der Waals surface area (Å²) in [5, 5.41) is 0. The van der Waals surface area contributed by atoms with Gasteiger partial charge in [-0.3, -0.25) is 15.0 Å². The highest BCUT2D eigenvalue weighted by Crippen LogP contribution is 2.20. The van der Waals surface area contributed by atoms with Crippen LogP contribution in [0.3, 0.4) is 0 Å². The molecule has 0 aromatic heterocycles. The molecule has 0 spiro atoms. The molecule has 82 valence electrons. The van der Waals surface area contributed by atoms with Crippen molar-refractivity contribution >= 4 is 23.6 Å². The van der Waals surface area contributed by atoms with Crippen LogP contribution < -0.4 is 17.0 Å². The third-order valence-corrected chi connectivity index (χ3v) is 2.30. The first-order valence-corrected chi connectivity index (χ1v) is 4.80. The van der Waals surface area contributed by atoms with Crippen LogP contribution in [-0.4, -0.2) is 29.2 Å². The summed E-state index contributed by atoms with van der Waals surface area (Å²) < 4.78 is 25.4. The highest BCUT2D eigenvalue weighted by atomic mass is 32.2. The summed E-state index contributed by atoms with van der Waals surface area (Å²) in [7, 11) is 0. The Morgan fingerprint density at radius 1 is 1.43 bits per heavy atom. The minimum Gasteiger partial charge on any atom is -0.370 e. The first kappa shape index (κ1) is 13.1. The molecule has 5 nitrogen and oxygen atoms in total. The number of carbonyl (C=O) groups is 2. The molecule has 5 N–H and O–H groups in total. The smallest absolute Gasteiger partial charge is 0.334 e. The van der Waals surface area contributed by atoms with Crippen LogP contribution in [0, 0.1) is 0 Å². The third kappa shape index (κ3) is 4.97. The predicted molar refractivity (Wildman–Crippen MR) is 48.4 cm³/mol. The maximum atomic E-state index is 12.7. The number of nitrogens with two attached hydrogens (primary N) is 2. The normalized spacial score (nSPS) is 11.1. The summed E-state index contributed by atoms with van der Waals surface area (Å²) in [6.07, 6.45) is 0.00495. The van der Waals surface area contributed by atoms with Crippen LogP contribution >= 0.6 is 11.8 Å². The van der Waals surface area contributed by atoms with Crippen molar-refractivity contribution in [1.29, 1.82) is 0 Å². The van der Waals surface area contributed by atoms with E-state index in [9.17, 15) is 18.4 Å². The topological polar surface area (TPSA) is 98.2 Å². The molecule has 0 rings (SSSR count). The number of thioether (sulfide) groups is 1. The van der Waals surface area contributed by atoms with Gasteiger partial charge in [-0.25, -0.2) is 5.84 Å². The zero-order valence-electron chi connectivity index (χ0n) is 7.26. The lowest BCUT2D eigenvalue weighted by Crippen LogP contribution is -2.45. The van der Waals surface area contributed by atoms with E-state index in [-0.39, 0.29) is 12.2 Å². The molecule has 0 bridgehead atoms. The lowest BCUT2D eigenvalue weighted by Gasteiger charge is -2.12. The average Bonchev–Trinajstić information content (AvgIpc) is 2.10. The van der Waals surface area contributed by atoms with Crippen LogP contribution in [0.4, 0.5) is 8.78 Å². The van der Waals surface area contributed by atoms with Gasteiger partial charge in [0.15, 0.2) is 0 Å². The Balaban J connectivity index is 3.76. The van der Waals surface area contributed by atoms with Crippen LogP contribution in [-0.2, 0) is 9.59 Å². The van der Waals surface area contributed by atoms with Crippen LogP contribution in [0.1, 0.15) is 6.42 Å². The molecule has 8 heteroatoms. The zero-order valence-corrected chi connectivity index (χ0v) is 8.07. The third-order valence-electron chi connectivity index (χ3n) is 1.24. The van der Waals surface area contributed by atoms with Gasteiger partial charge in [-0.1, -0.05) is 0 Å². The van der Waals surface area contributed by atoms with E-state index in [1.807, 2.05) is 0 Å². The molecule has 0 aromatic carbocycles. The van der Waals surface area contributed by atoms with Crippen LogP contribution in [0.2, 0.25) is 0 Å². The summed E-state index contributed by atoms with van der Waals surface area (Å²) in [4.78, 5) is 20.7. The number of amides is 2. The summed E-state index contributed by atoms with van der Waals surface area (Å²) in [6, 6.07) is 0. The molecule has 0 radical (unpaired) electrons. The van der Waals surface area contributed by atoms with Gasteiger partial charge < -0.3 is 5.73 Å². The Labute approximate surface area is 83.5 Å². The van der Waals surface area contributed by atoms with E-state index in [1.54, 1.807) is 0 Å². The standard InChI is InChI=1S/C6H11F2N3O2S/c7-6(8,5(13)11-10)3-14-2-1-4(9)12/h1-3,10H2,(H2,9,12)(H,11,13). The van der Waals surface area contributed by atoms with Crippen molar-refractivity contribution < 1.29 is 18.4 Å². The summed E-state index contributed by atoms with van der Waals surface area (Å²) in [5.41, 5.74) is 6.15. The molecular weight excluding hydrogens is 216 g/mol. The molecule has 0 saturated carbocycles. The van der Waals surface area contributed by atoms with Crippen LogP contribution in [0.15, 0.2) is 0 Å². The van der Waals surface area contributed by atoms with Gasteiger partial charge in [-0.15, -0.1) is 0 Å². The molecule has 0 aliphatic rings. The molecule has 0 heterocycles. The highest BCUT2D eigenvalue weighted by Gasteiger charge is 2.37. The van der Waals surface area contributed by atoms with Crippen molar-refractivity contribution in [3.05, 3.63) is 0 Å². The molecule has 14 heavy (non-hydrogen) atoms. The van der Waals surface area contributed by atoms with E-state index in [0.29, 0.717) is 0 Å². The SMILES string of the molecule is NNC(=O)C(F)(F)CSCCC(N)=O. The Morgan fingerprint density at radius 3 is 2.43 bits per heavy atom. The minimum absolute atomic E-state index is 0.00495. The maximum Gasteiger partial charge on any atom is 0.334 e. The number of halogens is 2. The Kier molecular flexibility index (Phi) is 5.39. The van der Waals surface area contributed by atoms with E-state index in [1.165, 1.54) is 5.43 Å². The second-order valence-electron chi connectivity index (χ2n) is 2.45. The first-order valence-electron chi connectivity index (χ1n) is 3.65. The summed E-state index contributed by atoms with van der Waals surface area (Å²) >= 11 is 0.765. The number of hydrogen-bond acceptors (Lipinski definition) is 4. The number of hydrogen-bond donors (Lipinski definition) is 3. The predicted octanol–water partition coefficient (Wildman–Crippen LogP) is -0.780. The molecular formula is C6H11F2N3O2S. The summed E-state index contributed by atoms with van der Waals surface area (Å²) in [5.74, 6) is -1.64. The first-order chi connectivity index (χ1) is 6.40. The van der Waals surface area contributed by atoms with Crippen molar-refractivity contribution in [1.82, 2.24) is 5.43 Å². The van der Waals surface area contributed by atoms with E-state index in [4.69, 9.17) is 5.73 Å². The van der Waals surface area contributed by atoms with Crippen molar-refractivity contribution in [2.75, 3.05) is 11.5 Å². The zero-order chi connectivity index (χ0) is 11.2. The Bertz CT molecular complexity index is 225. The van der Waals surface area contributed by atoms with Gasteiger partial charge in [0.25, 0.3) is 0 Å². The van der Waals surface area contributed by atoms with E-state index < -0.39 is 23.5 Å². The number of hydrazine groups is 1. The summed E-state index contributed by atoms with van der Waals surface area (Å²) in [6.45, 7) is 0. The van der Waals surface area contributed by atoms with Gasteiger partial charge in [-0.05, 0) is 0 Å². The maximum absolute atomic E-state index is 12.7. The molecule has 0 saturated heterocycles. The second-order valence-corrected chi connectivity index (χ2v) is 3.55.